The summed E-state index contributed by atoms with van der Waals surface area (Å²) in [5.41, 5.74) is 10.6. The molecule has 3 heterocycles. The summed E-state index contributed by atoms with van der Waals surface area (Å²) in [4.78, 5) is 0. The Morgan fingerprint density at radius 2 is 2.03 bits per heavy atom. The Morgan fingerprint density at radius 3 is 2.69 bits per heavy atom. The lowest BCUT2D eigenvalue weighted by atomic mass is 9.68. The minimum absolute atomic E-state index is 0.323. The summed E-state index contributed by atoms with van der Waals surface area (Å²) in [6.07, 6.45) is 8.17. The predicted octanol–water partition coefficient (Wildman–Crippen LogP) is 3.14. The fraction of sp³-hybridized carbons (Fsp3) is 0.522. The van der Waals surface area contributed by atoms with E-state index in [-0.39, 0.29) is 5.54 Å². The van der Waals surface area contributed by atoms with E-state index in [1.807, 2.05) is 17.9 Å². The fourth-order valence-electron chi connectivity index (χ4n) is 5.04. The van der Waals surface area contributed by atoms with Gasteiger partial charge >= 0.3 is 0 Å². The molecule has 1 aromatic heterocycles. The molecule has 0 bridgehead atoms. The molecule has 2 aromatic rings. The number of nitrogens with zero attached hydrogens (tertiary/aromatic N) is 2. The highest BCUT2D eigenvalue weighted by Crippen LogP contribution is 2.46. The van der Waals surface area contributed by atoms with E-state index < -0.39 is 0 Å². The monoisotopic (exact) mass is 395 g/mol. The van der Waals surface area contributed by atoms with Crippen LogP contribution in [0.5, 0.6) is 0 Å². The summed E-state index contributed by atoms with van der Waals surface area (Å²) in [7, 11) is 1.99. The van der Waals surface area contributed by atoms with Crippen molar-refractivity contribution >= 4 is 5.69 Å². The van der Waals surface area contributed by atoms with E-state index in [1.165, 1.54) is 16.8 Å². The summed E-state index contributed by atoms with van der Waals surface area (Å²) >= 11 is 0. The van der Waals surface area contributed by atoms with Gasteiger partial charge in [0.2, 0.25) is 0 Å². The van der Waals surface area contributed by atoms with Gasteiger partial charge in [-0.2, -0.15) is 5.10 Å². The summed E-state index contributed by atoms with van der Waals surface area (Å²) in [6, 6.07) is 10.8. The number of benzene rings is 1. The second-order valence-electron chi connectivity index (χ2n) is 8.37. The summed E-state index contributed by atoms with van der Waals surface area (Å²) < 4.78 is 7.63. The molecule has 1 fully saturated rings. The second-order valence-corrected chi connectivity index (χ2v) is 8.37. The van der Waals surface area contributed by atoms with Crippen LogP contribution in [0.4, 0.5) is 5.69 Å². The first-order chi connectivity index (χ1) is 14.1. The molecule has 2 aliphatic heterocycles. The predicted molar refractivity (Wildman–Crippen MR) is 116 cm³/mol. The van der Waals surface area contributed by atoms with Crippen LogP contribution in [-0.4, -0.2) is 35.6 Å². The van der Waals surface area contributed by atoms with Crippen molar-refractivity contribution in [3.05, 3.63) is 59.6 Å². The van der Waals surface area contributed by atoms with Crippen LogP contribution in [0.25, 0.3) is 0 Å². The molecule has 6 heteroatoms. The van der Waals surface area contributed by atoms with Crippen molar-refractivity contribution < 1.29 is 4.74 Å². The zero-order valence-electron chi connectivity index (χ0n) is 17.5. The Balaban J connectivity index is 1.85. The Labute approximate surface area is 173 Å². The van der Waals surface area contributed by atoms with Gasteiger partial charge in [0.25, 0.3) is 0 Å². The van der Waals surface area contributed by atoms with Crippen molar-refractivity contribution in [3.8, 4) is 0 Å². The molecule has 0 aliphatic carbocycles. The SMILES string of the molecule is CC1=C(Nc2ccccc2)C(c2cnn(C)c2)(C2CCOCC2)N[C@@H](CCN)C1. The quantitative estimate of drug-likeness (QED) is 0.700. The molecule has 2 aliphatic rings. The summed E-state index contributed by atoms with van der Waals surface area (Å²) in [6.45, 7) is 4.55. The molecule has 2 atom stereocenters. The lowest BCUT2D eigenvalue weighted by molar-refractivity contribution is 0.0304. The number of rotatable bonds is 6. The van der Waals surface area contributed by atoms with Gasteiger partial charge < -0.3 is 15.8 Å². The van der Waals surface area contributed by atoms with Gasteiger partial charge in [0.1, 0.15) is 0 Å². The first-order valence-corrected chi connectivity index (χ1v) is 10.7. The van der Waals surface area contributed by atoms with Gasteiger partial charge in [-0.15, -0.1) is 0 Å². The minimum atomic E-state index is -0.323. The van der Waals surface area contributed by atoms with Gasteiger partial charge in [0.05, 0.1) is 11.7 Å². The van der Waals surface area contributed by atoms with Crippen LogP contribution < -0.4 is 16.4 Å². The number of anilines is 1. The number of aromatic nitrogens is 2. The first-order valence-electron chi connectivity index (χ1n) is 10.7. The molecular weight excluding hydrogens is 362 g/mol. The Kier molecular flexibility index (Phi) is 6.04. The van der Waals surface area contributed by atoms with Crippen LogP contribution in [0, 0.1) is 5.92 Å². The van der Waals surface area contributed by atoms with Gasteiger partial charge in [0.15, 0.2) is 0 Å². The van der Waals surface area contributed by atoms with Crippen molar-refractivity contribution in [1.29, 1.82) is 0 Å². The van der Waals surface area contributed by atoms with E-state index >= 15 is 0 Å². The Hall–Kier alpha value is -2.15. The normalized spacial score (nSPS) is 26.0. The first kappa shape index (κ1) is 20.1. The number of nitrogens with two attached hydrogens (primary N) is 1. The molecule has 0 amide bonds. The number of nitrogens with one attached hydrogen (secondary N) is 2. The topological polar surface area (TPSA) is 77.1 Å². The van der Waals surface area contributed by atoms with Crippen molar-refractivity contribution in [3.63, 3.8) is 0 Å². The zero-order valence-corrected chi connectivity index (χ0v) is 17.5. The number of aryl methyl sites for hydroxylation is 1. The van der Waals surface area contributed by atoms with Crippen LogP contribution in [0.1, 0.15) is 38.2 Å². The Morgan fingerprint density at radius 1 is 1.28 bits per heavy atom. The van der Waals surface area contributed by atoms with Crippen molar-refractivity contribution in [1.82, 2.24) is 15.1 Å². The highest BCUT2D eigenvalue weighted by Gasteiger charge is 2.49. The molecule has 0 saturated carbocycles. The van der Waals surface area contributed by atoms with Gasteiger partial charge in [-0.25, -0.2) is 0 Å². The molecule has 0 radical (unpaired) electrons. The molecule has 4 rings (SSSR count). The largest absolute Gasteiger partial charge is 0.381 e. The van der Waals surface area contributed by atoms with Crippen LogP contribution in [-0.2, 0) is 17.3 Å². The minimum Gasteiger partial charge on any atom is -0.381 e. The number of ether oxygens (including phenoxy) is 1. The number of hydrogen-bond acceptors (Lipinski definition) is 5. The van der Waals surface area contributed by atoms with E-state index in [4.69, 9.17) is 10.5 Å². The van der Waals surface area contributed by atoms with Gasteiger partial charge in [0, 0.05) is 49.4 Å². The van der Waals surface area contributed by atoms with Crippen molar-refractivity contribution in [2.24, 2.45) is 18.7 Å². The van der Waals surface area contributed by atoms with Crippen LogP contribution in [0.2, 0.25) is 0 Å². The third kappa shape index (κ3) is 3.97. The molecule has 1 saturated heterocycles. The van der Waals surface area contributed by atoms with Gasteiger partial charge in [-0.1, -0.05) is 23.8 Å². The van der Waals surface area contributed by atoms with Crippen molar-refractivity contribution in [2.45, 2.75) is 44.2 Å². The maximum absolute atomic E-state index is 5.96. The zero-order chi connectivity index (χ0) is 20.3. The number of para-hydroxylation sites is 1. The molecule has 6 nitrogen and oxygen atoms in total. The molecular formula is C23H33N5O. The maximum atomic E-state index is 5.96. The maximum Gasteiger partial charge on any atom is 0.0904 e. The van der Waals surface area contributed by atoms with E-state index in [9.17, 15) is 0 Å². The average molecular weight is 396 g/mol. The molecule has 4 N–H and O–H groups in total. The van der Waals surface area contributed by atoms with Crippen LogP contribution in [0.15, 0.2) is 54.0 Å². The Bertz CT molecular complexity index is 840. The van der Waals surface area contributed by atoms with E-state index in [2.05, 4.69) is 59.2 Å². The summed E-state index contributed by atoms with van der Waals surface area (Å²) in [5.74, 6) is 0.419. The van der Waals surface area contributed by atoms with Crippen molar-refractivity contribution in [2.75, 3.05) is 25.1 Å². The lowest BCUT2D eigenvalue weighted by Gasteiger charge is -2.50. The smallest absolute Gasteiger partial charge is 0.0904 e. The van der Waals surface area contributed by atoms with Crippen LogP contribution in [0.3, 0.4) is 0 Å². The van der Waals surface area contributed by atoms with E-state index in [1.54, 1.807) is 0 Å². The summed E-state index contributed by atoms with van der Waals surface area (Å²) in [5, 5.41) is 12.4. The highest BCUT2D eigenvalue weighted by atomic mass is 16.5. The van der Waals surface area contributed by atoms with Gasteiger partial charge in [-0.3, -0.25) is 10.00 Å². The standard InChI is InChI=1S/C23H33N5O/c1-17-14-21(8-11-24)27-23(18-9-12-29-13-10-18,19-15-25-28(2)16-19)22(17)26-20-6-4-3-5-7-20/h3-7,15-16,18,21,26-27H,8-14,24H2,1-2H3/t21-,23?/m0/s1. The fourth-order valence-corrected chi connectivity index (χ4v) is 5.04. The molecule has 0 spiro atoms. The molecule has 1 unspecified atom stereocenters. The van der Waals surface area contributed by atoms with E-state index in [0.717, 1.165) is 44.6 Å². The molecule has 1 aromatic carbocycles. The van der Waals surface area contributed by atoms with E-state index in [0.29, 0.717) is 18.5 Å². The molecule has 29 heavy (non-hydrogen) atoms. The third-order valence-electron chi connectivity index (χ3n) is 6.36. The lowest BCUT2D eigenvalue weighted by Crippen LogP contribution is -2.59. The number of hydrogen-bond donors (Lipinski definition) is 3. The van der Waals surface area contributed by atoms with Gasteiger partial charge in [-0.05, 0) is 57.2 Å². The second kappa shape index (κ2) is 8.69. The van der Waals surface area contributed by atoms with Crippen LogP contribution >= 0.6 is 0 Å². The molecule has 156 valence electrons. The highest BCUT2D eigenvalue weighted by molar-refractivity contribution is 5.55. The third-order valence-corrected chi connectivity index (χ3v) is 6.36. The average Bonchev–Trinajstić information content (AvgIpc) is 3.18.